The van der Waals surface area contributed by atoms with E-state index in [1.54, 1.807) is 0 Å². The molecule has 0 atom stereocenters. The molecule has 0 saturated carbocycles. The summed E-state index contributed by atoms with van der Waals surface area (Å²) in [5.74, 6) is 0. The lowest BCUT2D eigenvalue weighted by Crippen LogP contribution is -2.74. The zero-order valence-electron chi connectivity index (χ0n) is 40.3. The van der Waals surface area contributed by atoms with E-state index >= 15 is 0 Å². The first-order chi connectivity index (χ1) is 36.2. The molecule has 13 rings (SSSR count). The second-order valence-electron chi connectivity index (χ2n) is 18.9. The number of benzene rings is 12. The standard InChI is InChI=1S/C70H50N2Si/c1-6-23-51(24-7-1)53-29-20-31-57(45-53)71(59-33-22-40-64(49-59)73(61-34-10-3-11-35-61,62-36-12-4-13-37-62)63-38-14-5-15-39-63)60-43-44-65(67(50-60)52-25-8-2-9-26-52)56-30-21-32-58(46-56)72-69-42-19-18-41-66(69)68-47-54-27-16-17-28-55(54)48-70(68)72/h1-50H. The van der Waals surface area contributed by atoms with Crippen molar-refractivity contribution in [3.8, 4) is 39.1 Å². The third-order valence-corrected chi connectivity index (χ3v) is 19.4. The van der Waals surface area contributed by atoms with Crippen LogP contribution in [0, 0.1) is 0 Å². The van der Waals surface area contributed by atoms with Crippen molar-refractivity contribution in [3.63, 3.8) is 0 Å². The van der Waals surface area contributed by atoms with Gasteiger partial charge in [-0.05, 0) is 132 Å². The van der Waals surface area contributed by atoms with Gasteiger partial charge in [0.2, 0.25) is 0 Å². The van der Waals surface area contributed by atoms with Crippen molar-refractivity contribution in [3.05, 3.63) is 303 Å². The van der Waals surface area contributed by atoms with E-state index in [-0.39, 0.29) is 0 Å². The number of fused-ring (bicyclic) bond motifs is 4. The molecule has 0 aliphatic rings. The quantitative estimate of drug-likeness (QED) is 0.0926. The minimum atomic E-state index is -2.86. The molecule has 0 aliphatic heterocycles. The Morgan fingerprint density at radius 2 is 0.753 bits per heavy atom. The molecule has 3 heteroatoms. The van der Waals surface area contributed by atoms with Crippen LogP contribution < -0.4 is 25.6 Å². The number of anilines is 3. The molecule has 0 amide bonds. The third kappa shape index (κ3) is 7.84. The summed E-state index contributed by atoms with van der Waals surface area (Å²) < 4.78 is 2.44. The number of hydrogen-bond donors (Lipinski definition) is 0. The summed E-state index contributed by atoms with van der Waals surface area (Å²) in [4.78, 5) is 2.46. The average Bonchev–Trinajstić information content (AvgIpc) is 3.79. The van der Waals surface area contributed by atoms with E-state index in [9.17, 15) is 0 Å². The van der Waals surface area contributed by atoms with E-state index in [2.05, 4.69) is 313 Å². The van der Waals surface area contributed by atoms with E-state index in [0.717, 1.165) is 45.0 Å². The van der Waals surface area contributed by atoms with Gasteiger partial charge in [-0.2, -0.15) is 0 Å². The van der Waals surface area contributed by atoms with E-state index < -0.39 is 8.07 Å². The maximum absolute atomic E-state index is 2.86. The summed E-state index contributed by atoms with van der Waals surface area (Å²) in [5, 5.41) is 10.3. The Morgan fingerprint density at radius 1 is 0.260 bits per heavy atom. The summed E-state index contributed by atoms with van der Waals surface area (Å²) in [5.41, 5.74) is 13.7. The smallest absolute Gasteiger partial charge is 0.179 e. The highest BCUT2D eigenvalue weighted by Gasteiger charge is 2.41. The fraction of sp³-hybridized carbons (Fsp3) is 0. The maximum atomic E-state index is 2.48. The minimum absolute atomic E-state index is 1.07. The van der Waals surface area contributed by atoms with Gasteiger partial charge in [0.05, 0.1) is 11.0 Å². The lowest BCUT2D eigenvalue weighted by atomic mass is 9.93. The molecule has 13 aromatic rings. The van der Waals surface area contributed by atoms with Crippen molar-refractivity contribution >= 4 is 78.5 Å². The van der Waals surface area contributed by atoms with Gasteiger partial charge >= 0.3 is 0 Å². The first-order valence-electron chi connectivity index (χ1n) is 25.2. The molecule has 2 nitrogen and oxygen atoms in total. The molecule has 0 saturated heterocycles. The highest BCUT2D eigenvalue weighted by molar-refractivity contribution is 7.19. The average molecular weight is 947 g/mol. The molecule has 12 aromatic carbocycles. The van der Waals surface area contributed by atoms with Crippen molar-refractivity contribution in [1.29, 1.82) is 0 Å². The Bertz CT molecular complexity index is 3980. The molecule has 344 valence electrons. The summed E-state index contributed by atoms with van der Waals surface area (Å²) >= 11 is 0. The van der Waals surface area contributed by atoms with E-state index in [1.165, 1.54) is 64.5 Å². The van der Waals surface area contributed by atoms with Crippen LogP contribution in [-0.2, 0) is 0 Å². The number of nitrogens with zero attached hydrogens (tertiary/aromatic N) is 2. The Morgan fingerprint density at radius 3 is 1.42 bits per heavy atom. The fourth-order valence-electron chi connectivity index (χ4n) is 11.4. The highest BCUT2D eigenvalue weighted by atomic mass is 28.3. The Kier molecular flexibility index (Phi) is 11.3. The number of aromatic nitrogens is 1. The SMILES string of the molecule is c1ccc(-c2cccc(N(c3cccc([Si](c4ccccc4)(c4ccccc4)c4ccccc4)c3)c3ccc(-c4cccc(-n5c6ccccc6c6cc7ccccc7cc65)c4)c(-c4ccccc4)c3)c2)cc1. The van der Waals surface area contributed by atoms with Gasteiger partial charge in [-0.3, -0.25) is 0 Å². The maximum Gasteiger partial charge on any atom is 0.179 e. The van der Waals surface area contributed by atoms with E-state index in [1.807, 2.05) is 0 Å². The molecule has 0 aliphatic carbocycles. The van der Waals surface area contributed by atoms with Crippen molar-refractivity contribution in [2.75, 3.05) is 4.90 Å². The lowest BCUT2D eigenvalue weighted by molar-refractivity contribution is 1.18. The second-order valence-corrected chi connectivity index (χ2v) is 22.7. The Labute approximate surface area is 428 Å². The van der Waals surface area contributed by atoms with Gasteiger partial charge in [-0.25, -0.2) is 0 Å². The van der Waals surface area contributed by atoms with Crippen LogP contribution >= 0.6 is 0 Å². The molecule has 0 radical (unpaired) electrons. The van der Waals surface area contributed by atoms with Gasteiger partial charge in [0.1, 0.15) is 0 Å². The molecule has 0 unspecified atom stereocenters. The van der Waals surface area contributed by atoms with E-state index in [0.29, 0.717) is 0 Å². The second kappa shape index (κ2) is 18.8. The predicted molar refractivity (Wildman–Crippen MR) is 313 cm³/mol. The van der Waals surface area contributed by atoms with Crippen LogP contribution in [0.5, 0.6) is 0 Å². The molecule has 0 spiro atoms. The monoisotopic (exact) mass is 946 g/mol. The molecular formula is C70H50N2Si. The fourth-order valence-corrected chi connectivity index (χ4v) is 16.2. The van der Waals surface area contributed by atoms with Gasteiger partial charge in [0.15, 0.2) is 8.07 Å². The Hall–Kier alpha value is -9.28. The molecule has 1 heterocycles. The van der Waals surface area contributed by atoms with Gasteiger partial charge in [-0.1, -0.05) is 237 Å². The largest absolute Gasteiger partial charge is 0.310 e. The lowest BCUT2D eigenvalue weighted by Gasteiger charge is -2.35. The summed E-state index contributed by atoms with van der Waals surface area (Å²) in [6.45, 7) is 0. The Balaban J connectivity index is 1.02. The van der Waals surface area contributed by atoms with Crippen molar-refractivity contribution in [1.82, 2.24) is 4.57 Å². The summed E-state index contributed by atoms with van der Waals surface area (Å²) in [6, 6.07) is 112. The zero-order valence-corrected chi connectivity index (χ0v) is 41.3. The van der Waals surface area contributed by atoms with Crippen LogP contribution in [0.3, 0.4) is 0 Å². The molecule has 0 fully saturated rings. The number of rotatable bonds is 11. The van der Waals surface area contributed by atoms with Crippen LogP contribution in [0.1, 0.15) is 0 Å². The number of para-hydroxylation sites is 1. The van der Waals surface area contributed by atoms with Crippen molar-refractivity contribution in [2.45, 2.75) is 0 Å². The topological polar surface area (TPSA) is 8.17 Å². The molecule has 73 heavy (non-hydrogen) atoms. The van der Waals surface area contributed by atoms with Gasteiger partial charge in [0.25, 0.3) is 0 Å². The zero-order chi connectivity index (χ0) is 48.6. The van der Waals surface area contributed by atoms with Crippen LogP contribution in [0.15, 0.2) is 303 Å². The highest BCUT2D eigenvalue weighted by Crippen LogP contribution is 2.43. The predicted octanol–water partition coefficient (Wildman–Crippen LogP) is 15.8. The van der Waals surface area contributed by atoms with Crippen LogP contribution in [0.25, 0.3) is 71.6 Å². The summed E-state index contributed by atoms with van der Waals surface area (Å²) in [6.07, 6.45) is 0. The molecule has 0 bridgehead atoms. The third-order valence-electron chi connectivity index (χ3n) is 14.7. The van der Waals surface area contributed by atoms with Crippen LogP contribution in [-0.4, -0.2) is 12.6 Å². The van der Waals surface area contributed by atoms with Crippen molar-refractivity contribution in [2.24, 2.45) is 0 Å². The van der Waals surface area contributed by atoms with Gasteiger partial charge < -0.3 is 9.47 Å². The minimum Gasteiger partial charge on any atom is -0.310 e. The summed E-state index contributed by atoms with van der Waals surface area (Å²) in [7, 11) is -2.86. The van der Waals surface area contributed by atoms with Crippen LogP contribution in [0.2, 0.25) is 0 Å². The molecule has 1 aromatic heterocycles. The molecular weight excluding hydrogens is 897 g/mol. The number of hydrogen-bond acceptors (Lipinski definition) is 1. The first-order valence-corrected chi connectivity index (χ1v) is 27.2. The molecule has 0 N–H and O–H groups in total. The van der Waals surface area contributed by atoms with Crippen LogP contribution in [0.4, 0.5) is 17.1 Å². The van der Waals surface area contributed by atoms with Crippen molar-refractivity contribution < 1.29 is 0 Å². The van der Waals surface area contributed by atoms with E-state index in [4.69, 9.17) is 0 Å². The van der Waals surface area contributed by atoms with Gasteiger partial charge in [0, 0.05) is 33.5 Å². The first kappa shape index (κ1) is 43.7. The van der Waals surface area contributed by atoms with Gasteiger partial charge in [-0.15, -0.1) is 0 Å². The normalized spacial score (nSPS) is 11.6.